The van der Waals surface area contributed by atoms with E-state index < -0.39 is 6.10 Å². The molecule has 0 saturated carbocycles. The van der Waals surface area contributed by atoms with E-state index in [1.165, 1.54) is 17.2 Å². The Morgan fingerprint density at radius 2 is 1.50 bits per heavy atom. The average molecular weight is 446 g/mol. The molecule has 5 N–H and O–H groups in total. The maximum absolute atomic E-state index is 10.2. The van der Waals surface area contributed by atoms with E-state index in [-0.39, 0.29) is 19.0 Å². The molecule has 2 rings (SSSR count). The first-order chi connectivity index (χ1) is 15.6. The van der Waals surface area contributed by atoms with E-state index in [0.29, 0.717) is 24.1 Å². The molecule has 6 nitrogen and oxygen atoms in total. The van der Waals surface area contributed by atoms with E-state index >= 15 is 0 Å². The smallest absolute Gasteiger partial charge is 0.121 e. The summed E-state index contributed by atoms with van der Waals surface area (Å²) in [7, 11) is 0. The molecular formula is C26H39NO5. The molecule has 0 fully saturated rings. The number of aliphatic hydroxyl groups is 3. The highest BCUT2D eigenvalue weighted by Gasteiger charge is 2.09. The number of rotatable bonds is 17. The number of hydrogen-bond acceptors (Lipinski definition) is 6. The lowest BCUT2D eigenvalue weighted by Gasteiger charge is -2.14. The molecule has 0 heterocycles. The third kappa shape index (κ3) is 10.1. The van der Waals surface area contributed by atoms with Crippen molar-refractivity contribution in [2.45, 2.75) is 57.7 Å². The zero-order chi connectivity index (χ0) is 23.0. The molecule has 2 aromatic carbocycles. The van der Waals surface area contributed by atoms with E-state index in [9.17, 15) is 15.3 Å². The number of hydrogen-bond donors (Lipinski definition) is 5. The summed E-state index contributed by atoms with van der Waals surface area (Å²) in [4.78, 5) is 0. The first-order valence-corrected chi connectivity index (χ1v) is 11.7. The largest absolute Gasteiger partial charge is 0.508 e. The van der Waals surface area contributed by atoms with Crippen molar-refractivity contribution < 1.29 is 25.2 Å². The van der Waals surface area contributed by atoms with Gasteiger partial charge < -0.3 is 30.5 Å². The van der Waals surface area contributed by atoms with Gasteiger partial charge in [0, 0.05) is 31.9 Å². The monoisotopic (exact) mass is 445 g/mol. The highest BCUT2D eigenvalue weighted by atomic mass is 16.5. The van der Waals surface area contributed by atoms with Gasteiger partial charge in [0.15, 0.2) is 0 Å². The molecule has 1 atom stereocenters. The number of nitrogens with one attached hydrogen (secondary N) is 1. The van der Waals surface area contributed by atoms with Gasteiger partial charge in [0.05, 0.1) is 12.7 Å². The molecular weight excluding hydrogens is 406 g/mol. The van der Waals surface area contributed by atoms with Crippen LogP contribution >= 0.6 is 0 Å². The van der Waals surface area contributed by atoms with Crippen LogP contribution in [0.4, 0.5) is 0 Å². The van der Waals surface area contributed by atoms with E-state index in [4.69, 9.17) is 9.84 Å². The van der Waals surface area contributed by atoms with Gasteiger partial charge in [-0.1, -0.05) is 43.2 Å². The Morgan fingerprint density at radius 3 is 2.22 bits per heavy atom. The number of phenols is 1. The van der Waals surface area contributed by atoms with E-state index in [1.807, 2.05) is 0 Å². The van der Waals surface area contributed by atoms with Crippen LogP contribution in [-0.2, 0) is 24.2 Å². The van der Waals surface area contributed by atoms with Crippen molar-refractivity contribution in [1.29, 1.82) is 0 Å². The topological polar surface area (TPSA) is 102 Å². The van der Waals surface area contributed by atoms with Gasteiger partial charge in [0.1, 0.15) is 5.75 Å². The maximum Gasteiger partial charge on any atom is 0.121 e. The highest BCUT2D eigenvalue weighted by Crippen LogP contribution is 2.22. The Balaban J connectivity index is 1.41. The number of unbranched alkanes of at least 4 members (excludes halogenated alkanes) is 3. The molecule has 0 amide bonds. The molecule has 6 heteroatoms. The second kappa shape index (κ2) is 15.8. The molecule has 178 valence electrons. The van der Waals surface area contributed by atoms with Crippen LogP contribution in [0.1, 0.15) is 60.5 Å². The Kier molecular flexibility index (Phi) is 13.0. The van der Waals surface area contributed by atoms with E-state index in [1.54, 1.807) is 12.1 Å². The molecule has 0 aromatic heterocycles. The van der Waals surface area contributed by atoms with Crippen molar-refractivity contribution >= 4 is 0 Å². The predicted octanol–water partition coefficient (Wildman–Crippen LogP) is 3.25. The Morgan fingerprint density at radius 1 is 0.812 bits per heavy atom. The quantitative estimate of drug-likeness (QED) is 0.240. The average Bonchev–Trinajstić information content (AvgIpc) is 2.81. The van der Waals surface area contributed by atoms with E-state index in [0.717, 1.165) is 58.3 Å². The first kappa shape index (κ1) is 26.3. The van der Waals surface area contributed by atoms with Crippen LogP contribution in [0, 0.1) is 0 Å². The maximum atomic E-state index is 10.2. The minimum absolute atomic E-state index is 0.0463. The lowest BCUT2D eigenvalue weighted by molar-refractivity contribution is 0.127. The molecule has 0 aliphatic rings. The summed E-state index contributed by atoms with van der Waals surface area (Å²) in [6, 6.07) is 13.3. The predicted molar refractivity (Wildman–Crippen MR) is 127 cm³/mol. The van der Waals surface area contributed by atoms with Gasteiger partial charge in [-0.05, 0) is 67.5 Å². The number of aryl methyl sites for hydroxylation is 1. The van der Waals surface area contributed by atoms with Crippen LogP contribution in [0.15, 0.2) is 42.5 Å². The molecule has 32 heavy (non-hydrogen) atoms. The fraction of sp³-hybridized carbons (Fsp3) is 0.538. The lowest BCUT2D eigenvalue weighted by atomic mass is 10.1. The zero-order valence-electron chi connectivity index (χ0n) is 19.0. The van der Waals surface area contributed by atoms with Crippen molar-refractivity contribution in [3.8, 4) is 5.75 Å². The van der Waals surface area contributed by atoms with Crippen LogP contribution in [0.25, 0.3) is 0 Å². The Labute approximate surface area is 191 Å². The molecule has 0 saturated heterocycles. The molecule has 2 aromatic rings. The van der Waals surface area contributed by atoms with Crippen LogP contribution in [0.3, 0.4) is 0 Å². The van der Waals surface area contributed by atoms with Gasteiger partial charge in [-0.25, -0.2) is 0 Å². The van der Waals surface area contributed by atoms with Crippen molar-refractivity contribution in [2.24, 2.45) is 0 Å². The third-order valence-corrected chi connectivity index (χ3v) is 5.57. The summed E-state index contributed by atoms with van der Waals surface area (Å²) in [6.45, 7) is 2.83. The summed E-state index contributed by atoms with van der Waals surface area (Å²) in [5, 5.41) is 41.2. The van der Waals surface area contributed by atoms with Crippen molar-refractivity contribution in [3.05, 3.63) is 64.7 Å². The Hall–Kier alpha value is -1.96. The van der Waals surface area contributed by atoms with Crippen LogP contribution in [-0.4, -0.2) is 53.3 Å². The fourth-order valence-electron chi connectivity index (χ4n) is 3.59. The number of aromatic hydroxyl groups is 1. The molecule has 0 aliphatic carbocycles. The van der Waals surface area contributed by atoms with Crippen LogP contribution in [0.5, 0.6) is 5.75 Å². The second-order valence-electron chi connectivity index (χ2n) is 8.19. The number of benzene rings is 2. The van der Waals surface area contributed by atoms with Crippen molar-refractivity contribution in [1.82, 2.24) is 5.32 Å². The van der Waals surface area contributed by atoms with Gasteiger partial charge in [-0.15, -0.1) is 0 Å². The van der Waals surface area contributed by atoms with Gasteiger partial charge in [-0.2, -0.15) is 0 Å². The van der Waals surface area contributed by atoms with Gasteiger partial charge in [0.25, 0.3) is 0 Å². The number of ether oxygens (including phenoxy) is 1. The highest BCUT2D eigenvalue weighted by molar-refractivity contribution is 5.36. The zero-order valence-corrected chi connectivity index (χ0v) is 19.0. The molecule has 0 bridgehead atoms. The fourth-order valence-corrected chi connectivity index (χ4v) is 3.59. The summed E-state index contributed by atoms with van der Waals surface area (Å²) >= 11 is 0. The normalized spacial score (nSPS) is 12.2. The minimum Gasteiger partial charge on any atom is -0.508 e. The summed E-state index contributed by atoms with van der Waals surface area (Å²) in [5.74, 6) is 0.0463. The lowest BCUT2D eigenvalue weighted by Crippen LogP contribution is -2.22. The molecule has 0 aliphatic heterocycles. The summed E-state index contributed by atoms with van der Waals surface area (Å²) in [6.07, 6.45) is 6.47. The minimum atomic E-state index is -0.659. The Bertz CT molecular complexity index is 750. The van der Waals surface area contributed by atoms with Gasteiger partial charge >= 0.3 is 0 Å². The van der Waals surface area contributed by atoms with Crippen molar-refractivity contribution in [2.75, 3.05) is 32.9 Å². The van der Waals surface area contributed by atoms with Crippen LogP contribution < -0.4 is 5.32 Å². The summed E-state index contributed by atoms with van der Waals surface area (Å²) in [5.41, 5.74) is 3.60. The SMILES string of the molecule is OCCc1ccc(CCCOCCCCCCNCC(O)c2ccc(O)c(CO)c2)cc1. The van der Waals surface area contributed by atoms with Gasteiger partial charge in [-0.3, -0.25) is 0 Å². The molecule has 0 spiro atoms. The third-order valence-electron chi connectivity index (χ3n) is 5.57. The molecule has 1 unspecified atom stereocenters. The second-order valence-corrected chi connectivity index (χ2v) is 8.19. The van der Waals surface area contributed by atoms with Crippen LogP contribution in [0.2, 0.25) is 0 Å². The molecule has 0 radical (unpaired) electrons. The standard InChI is InChI=1S/C26H39NO5/c28-15-13-22-9-7-21(8-10-22)6-5-17-32-16-4-2-1-3-14-27-19-26(31)23-11-12-25(30)24(18-23)20-29/h7-12,18,26-31H,1-6,13-17,19-20H2. The number of aliphatic hydroxyl groups excluding tert-OH is 3. The van der Waals surface area contributed by atoms with Crippen molar-refractivity contribution in [3.63, 3.8) is 0 Å². The summed E-state index contributed by atoms with van der Waals surface area (Å²) < 4.78 is 5.74. The van der Waals surface area contributed by atoms with Gasteiger partial charge in [0.2, 0.25) is 0 Å². The first-order valence-electron chi connectivity index (χ1n) is 11.7. The van der Waals surface area contributed by atoms with E-state index in [2.05, 4.69) is 29.6 Å².